The highest BCUT2D eigenvalue weighted by atomic mass is 16.4. The highest BCUT2D eigenvalue weighted by molar-refractivity contribution is 6.01. The number of carbonyl (C=O) groups is 2. The van der Waals surface area contributed by atoms with E-state index in [0.717, 1.165) is 12.0 Å². The molecule has 0 saturated heterocycles. The predicted molar refractivity (Wildman–Crippen MR) is 82.1 cm³/mol. The molecule has 3 N–H and O–H groups in total. The maximum atomic E-state index is 10.5. The van der Waals surface area contributed by atoms with Gasteiger partial charge in [0.2, 0.25) is 0 Å². The van der Waals surface area contributed by atoms with E-state index in [9.17, 15) is 14.7 Å². The summed E-state index contributed by atoms with van der Waals surface area (Å²) >= 11 is 0. The fourth-order valence-corrected chi connectivity index (χ4v) is 1.77. The molecule has 0 heterocycles. The van der Waals surface area contributed by atoms with Crippen molar-refractivity contribution in [3.05, 3.63) is 71.3 Å². The van der Waals surface area contributed by atoms with E-state index in [-0.39, 0.29) is 17.2 Å². The molecule has 0 aliphatic heterocycles. The van der Waals surface area contributed by atoms with Crippen LogP contribution in [0.2, 0.25) is 0 Å². The minimum Gasteiger partial charge on any atom is -0.478 e. The number of carboxylic acid groups (broad SMARTS) is 2. The molecule has 22 heavy (non-hydrogen) atoms. The van der Waals surface area contributed by atoms with Gasteiger partial charge in [0.1, 0.15) is 0 Å². The predicted octanol–water partition coefficient (Wildman–Crippen LogP) is 3.21. The Balaban J connectivity index is 0.000000224. The number of aliphatic hydroxyl groups excluding tert-OH is 1. The first-order valence-electron chi connectivity index (χ1n) is 6.76. The molecule has 1 atom stereocenters. The number of aromatic carboxylic acids is 2. The summed E-state index contributed by atoms with van der Waals surface area (Å²) in [5.74, 6) is -2.46. The van der Waals surface area contributed by atoms with E-state index < -0.39 is 11.9 Å². The lowest BCUT2D eigenvalue weighted by atomic mass is 10.1. The molecule has 5 nitrogen and oxygen atoms in total. The standard InChI is InChI=1S/C9H12O.C8H6O4/c1-2-9(10)8-6-4-3-5-7-8;9-7(10)5-3-1-2-4-6(5)8(11)12/h3-7,9-10H,2H2,1H3;1-4H,(H,9,10)(H,11,12). The molecule has 0 bridgehead atoms. The Morgan fingerprint density at radius 3 is 1.64 bits per heavy atom. The van der Waals surface area contributed by atoms with Crippen LogP contribution < -0.4 is 0 Å². The van der Waals surface area contributed by atoms with Crippen LogP contribution in [0.25, 0.3) is 0 Å². The third kappa shape index (κ3) is 5.03. The van der Waals surface area contributed by atoms with Crippen LogP contribution in [0.15, 0.2) is 54.6 Å². The van der Waals surface area contributed by atoms with Crippen molar-refractivity contribution in [1.82, 2.24) is 0 Å². The van der Waals surface area contributed by atoms with Crippen molar-refractivity contribution in [2.45, 2.75) is 19.4 Å². The van der Waals surface area contributed by atoms with E-state index in [1.54, 1.807) is 0 Å². The van der Waals surface area contributed by atoms with Crippen molar-refractivity contribution in [3.63, 3.8) is 0 Å². The fourth-order valence-electron chi connectivity index (χ4n) is 1.77. The third-order valence-corrected chi connectivity index (χ3v) is 2.96. The van der Waals surface area contributed by atoms with Crippen LogP contribution in [0.5, 0.6) is 0 Å². The number of carboxylic acids is 2. The lowest BCUT2D eigenvalue weighted by molar-refractivity contribution is 0.0651. The quantitative estimate of drug-likeness (QED) is 0.806. The summed E-state index contributed by atoms with van der Waals surface area (Å²) in [4.78, 5) is 20.9. The number of hydrogen-bond donors (Lipinski definition) is 3. The molecular formula is C17H18O5. The summed E-state index contributed by atoms with van der Waals surface area (Å²) in [5, 5.41) is 26.4. The van der Waals surface area contributed by atoms with Crippen molar-refractivity contribution in [1.29, 1.82) is 0 Å². The first-order valence-corrected chi connectivity index (χ1v) is 6.76. The van der Waals surface area contributed by atoms with Gasteiger partial charge in [-0.2, -0.15) is 0 Å². The molecular weight excluding hydrogens is 284 g/mol. The second-order valence-corrected chi connectivity index (χ2v) is 4.49. The Hall–Kier alpha value is -2.66. The first-order chi connectivity index (χ1) is 10.5. The Kier molecular flexibility index (Phi) is 6.79. The van der Waals surface area contributed by atoms with Gasteiger partial charge in [0.05, 0.1) is 17.2 Å². The summed E-state index contributed by atoms with van der Waals surface area (Å²) in [6.07, 6.45) is 0.491. The van der Waals surface area contributed by atoms with Gasteiger partial charge < -0.3 is 15.3 Å². The second-order valence-electron chi connectivity index (χ2n) is 4.49. The van der Waals surface area contributed by atoms with Crippen molar-refractivity contribution in [2.24, 2.45) is 0 Å². The monoisotopic (exact) mass is 302 g/mol. The molecule has 0 radical (unpaired) electrons. The summed E-state index contributed by atoms with van der Waals surface area (Å²) in [5.41, 5.74) is 0.625. The van der Waals surface area contributed by atoms with Crippen LogP contribution in [0, 0.1) is 0 Å². The fraction of sp³-hybridized carbons (Fsp3) is 0.176. The summed E-state index contributed by atoms with van der Waals surface area (Å²) < 4.78 is 0. The summed E-state index contributed by atoms with van der Waals surface area (Å²) in [7, 11) is 0. The molecule has 116 valence electrons. The average molecular weight is 302 g/mol. The number of hydrogen-bond acceptors (Lipinski definition) is 3. The van der Waals surface area contributed by atoms with Crippen LogP contribution in [-0.2, 0) is 0 Å². The number of aliphatic hydroxyl groups is 1. The first kappa shape index (κ1) is 17.4. The van der Waals surface area contributed by atoms with E-state index in [0.29, 0.717) is 0 Å². The van der Waals surface area contributed by atoms with Gasteiger partial charge in [-0.05, 0) is 24.1 Å². The van der Waals surface area contributed by atoms with Gasteiger partial charge in [-0.3, -0.25) is 0 Å². The van der Waals surface area contributed by atoms with Crippen molar-refractivity contribution in [2.75, 3.05) is 0 Å². The van der Waals surface area contributed by atoms with E-state index in [4.69, 9.17) is 10.2 Å². The highest BCUT2D eigenvalue weighted by Gasteiger charge is 2.13. The maximum Gasteiger partial charge on any atom is 0.336 e. The van der Waals surface area contributed by atoms with Gasteiger partial charge in [-0.25, -0.2) is 9.59 Å². The molecule has 0 fully saturated rings. The maximum absolute atomic E-state index is 10.5. The van der Waals surface area contributed by atoms with Gasteiger partial charge in [0.15, 0.2) is 0 Å². The zero-order valence-electron chi connectivity index (χ0n) is 12.1. The normalized spacial score (nSPS) is 11.0. The van der Waals surface area contributed by atoms with E-state index in [1.165, 1.54) is 24.3 Å². The Morgan fingerprint density at radius 2 is 1.27 bits per heavy atom. The van der Waals surface area contributed by atoms with E-state index in [1.807, 2.05) is 37.3 Å². The molecule has 2 aromatic rings. The molecule has 5 heteroatoms. The summed E-state index contributed by atoms with van der Waals surface area (Å²) in [6, 6.07) is 15.2. The van der Waals surface area contributed by atoms with Crippen LogP contribution >= 0.6 is 0 Å². The molecule has 0 aromatic heterocycles. The molecule has 0 saturated carbocycles. The Labute approximate surface area is 128 Å². The largest absolute Gasteiger partial charge is 0.478 e. The Morgan fingerprint density at radius 1 is 0.864 bits per heavy atom. The number of rotatable bonds is 4. The molecule has 1 unspecified atom stereocenters. The van der Waals surface area contributed by atoms with Gasteiger partial charge in [-0.1, -0.05) is 49.4 Å². The zero-order chi connectivity index (χ0) is 16.5. The molecule has 0 amide bonds. The topological polar surface area (TPSA) is 94.8 Å². The van der Waals surface area contributed by atoms with Crippen LogP contribution in [0.3, 0.4) is 0 Å². The average Bonchev–Trinajstić information content (AvgIpc) is 2.55. The van der Waals surface area contributed by atoms with Crippen molar-refractivity contribution < 1.29 is 24.9 Å². The van der Waals surface area contributed by atoms with Gasteiger partial charge in [0, 0.05) is 0 Å². The SMILES string of the molecule is CCC(O)c1ccccc1.O=C(O)c1ccccc1C(=O)O. The van der Waals surface area contributed by atoms with Crippen LogP contribution in [-0.4, -0.2) is 27.3 Å². The van der Waals surface area contributed by atoms with Gasteiger partial charge in [0.25, 0.3) is 0 Å². The molecule has 0 aliphatic rings. The van der Waals surface area contributed by atoms with Gasteiger partial charge >= 0.3 is 11.9 Å². The second kappa shape index (κ2) is 8.59. The Bertz CT molecular complexity index is 589. The molecule has 2 rings (SSSR count). The van der Waals surface area contributed by atoms with E-state index in [2.05, 4.69) is 0 Å². The zero-order valence-corrected chi connectivity index (χ0v) is 12.1. The molecule has 0 spiro atoms. The lowest BCUT2D eigenvalue weighted by Gasteiger charge is -2.05. The van der Waals surface area contributed by atoms with Crippen molar-refractivity contribution in [3.8, 4) is 0 Å². The summed E-state index contributed by atoms with van der Waals surface area (Å²) in [6.45, 7) is 1.97. The third-order valence-electron chi connectivity index (χ3n) is 2.96. The smallest absolute Gasteiger partial charge is 0.336 e. The van der Waals surface area contributed by atoms with Crippen LogP contribution in [0.1, 0.15) is 45.7 Å². The highest BCUT2D eigenvalue weighted by Crippen LogP contribution is 2.14. The molecule has 2 aromatic carbocycles. The van der Waals surface area contributed by atoms with Crippen molar-refractivity contribution >= 4 is 11.9 Å². The van der Waals surface area contributed by atoms with Crippen LogP contribution in [0.4, 0.5) is 0 Å². The minimum atomic E-state index is -1.23. The minimum absolute atomic E-state index is 0.190. The number of benzene rings is 2. The van der Waals surface area contributed by atoms with Gasteiger partial charge in [-0.15, -0.1) is 0 Å². The molecule has 0 aliphatic carbocycles. The lowest BCUT2D eigenvalue weighted by Crippen LogP contribution is -2.06. The van der Waals surface area contributed by atoms with E-state index >= 15 is 0 Å².